The largest absolute Gasteiger partial charge is 0.370 e. The van der Waals surface area contributed by atoms with E-state index in [1.807, 2.05) is 0 Å². The number of guanidine groups is 1. The molecule has 3 fully saturated rings. The number of hydrogen-bond acceptors (Lipinski definition) is 13. The number of nitrogens with zero attached hydrogens (tertiary/aromatic N) is 2. The Kier molecular flexibility index (Phi) is 24.2. The maximum atomic E-state index is 14.9. The molecule has 5 rings (SSSR count). The van der Waals surface area contributed by atoms with Crippen LogP contribution in [0.15, 0.2) is 59.6 Å². The van der Waals surface area contributed by atoms with Crippen LogP contribution in [0.5, 0.6) is 0 Å². The first-order valence-corrected chi connectivity index (χ1v) is 28.6. The van der Waals surface area contributed by atoms with Crippen molar-refractivity contribution in [3.05, 3.63) is 70.7 Å². The molecule has 1 saturated carbocycles. The van der Waals surface area contributed by atoms with E-state index in [0.29, 0.717) is 35.4 Å². The van der Waals surface area contributed by atoms with Crippen molar-refractivity contribution in [2.24, 2.45) is 39.8 Å². The summed E-state index contributed by atoms with van der Waals surface area (Å²) in [5, 5.41) is 18.6. The van der Waals surface area contributed by atoms with Crippen molar-refractivity contribution in [3.63, 3.8) is 0 Å². The van der Waals surface area contributed by atoms with Crippen molar-refractivity contribution >= 4 is 98.2 Å². The minimum Gasteiger partial charge on any atom is -0.370 e. The molecule has 8 atom stereocenters. The Labute approximate surface area is 460 Å². The molecule has 2 saturated heterocycles. The Morgan fingerprint density at radius 2 is 1.34 bits per heavy atom. The van der Waals surface area contributed by atoms with E-state index in [1.165, 1.54) is 4.90 Å². The van der Waals surface area contributed by atoms with Crippen LogP contribution in [0.4, 0.5) is 0 Å². The van der Waals surface area contributed by atoms with Gasteiger partial charge in [0.25, 0.3) is 0 Å². The number of primary amides is 2. The summed E-state index contributed by atoms with van der Waals surface area (Å²) >= 11 is 6.23. The molecule has 420 valence electrons. The predicted octanol–water partition coefficient (Wildman–Crippen LogP) is -0.445. The highest BCUT2D eigenvalue weighted by Crippen LogP contribution is 2.39. The molecular weight excluding hydrogens is 1050 g/mol. The molecule has 1 aliphatic carbocycles. The van der Waals surface area contributed by atoms with Crippen molar-refractivity contribution in [2.45, 2.75) is 138 Å². The molecule has 3 aliphatic rings. The lowest BCUT2D eigenvalue weighted by molar-refractivity contribution is -0.142. The number of amides is 10. The van der Waals surface area contributed by atoms with Gasteiger partial charge in [-0.05, 0) is 73.6 Å². The van der Waals surface area contributed by atoms with Gasteiger partial charge in [0.1, 0.15) is 42.3 Å². The molecule has 77 heavy (non-hydrogen) atoms. The summed E-state index contributed by atoms with van der Waals surface area (Å²) in [6, 6.07) is 6.34. The van der Waals surface area contributed by atoms with Crippen LogP contribution in [0.25, 0.3) is 0 Å². The Bertz CT molecular complexity index is 2450. The van der Waals surface area contributed by atoms with Gasteiger partial charge in [-0.25, -0.2) is 0 Å². The first-order valence-electron chi connectivity index (χ1n) is 25.8. The average molecular weight is 1130 g/mol. The number of carbonyl (C=O) groups is 10. The number of halogens is 1. The lowest BCUT2D eigenvalue weighted by Crippen LogP contribution is -2.61. The van der Waals surface area contributed by atoms with Crippen LogP contribution in [0, 0.1) is 11.8 Å². The fraction of sp³-hybridized carbons (Fsp3) is 0.549. The van der Waals surface area contributed by atoms with Gasteiger partial charge in [0.2, 0.25) is 59.1 Å². The molecular formula is C51H72ClN13O10S2. The number of rotatable bonds is 18. The molecule has 26 heteroatoms. The van der Waals surface area contributed by atoms with E-state index in [0.717, 1.165) is 40.9 Å². The lowest BCUT2D eigenvalue weighted by atomic mass is 9.86. The monoisotopic (exact) mass is 1130 g/mol. The summed E-state index contributed by atoms with van der Waals surface area (Å²) < 4.78 is 0. The third-order valence-electron chi connectivity index (χ3n) is 13.4. The Balaban J connectivity index is 1.53. The van der Waals surface area contributed by atoms with Crippen LogP contribution in [0.3, 0.4) is 0 Å². The normalized spacial score (nSPS) is 23.8. The summed E-state index contributed by atoms with van der Waals surface area (Å²) in [6.45, 7) is 2.94. The first-order chi connectivity index (χ1) is 36.7. The quantitative estimate of drug-likeness (QED) is 0.0390. The van der Waals surface area contributed by atoms with Gasteiger partial charge < -0.3 is 65.1 Å². The molecule has 2 aromatic rings. The summed E-state index contributed by atoms with van der Waals surface area (Å²) in [4.78, 5) is 144. The average Bonchev–Trinajstić information content (AvgIpc) is 3.89. The third-order valence-corrected chi connectivity index (χ3v) is 16.5. The minimum atomic E-state index is -1.67. The van der Waals surface area contributed by atoms with Crippen LogP contribution in [0.2, 0.25) is 5.02 Å². The number of benzene rings is 2. The Hall–Kier alpha value is -6.60. The van der Waals surface area contributed by atoms with E-state index in [9.17, 15) is 47.9 Å². The number of nitrogens with two attached hydrogens (primary N) is 4. The van der Waals surface area contributed by atoms with Crippen LogP contribution < -0.4 is 60.2 Å². The van der Waals surface area contributed by atoms with Gasteiger partial charge in [0.15, 0.2) is 5.96 Å². The van der Waals surface area contributed by atoms with Gasteiger partial charge in [0, 0.05) is 36.7 Å². The molecule has 10 amide bonds. The second-order valence-electron chi connectivity index (χ2n) is 19.7. The Morgan fingerprint density at radius 1 is 0.727 bits per heavy atom. The molecule has 0 aromatic heterocycles. The molecule has 1 unspecified atom stereocenters. The van der Waals surface area contributed by atoms with Crippen molar-refractivity contribution in [3.8, 4) is 0 Å². The second kappa shape index (κ2) is 30.4. The number of aliphatic imine (C=N–C) groups is 1. The second-order valence-corrected chi connectivity index (χ2v) is 22.7. The van der Waals surface area contributed by atoms with E-state index in [-0.39, 0.29) is 62.8 Å². The van der Waals surface area contributed by atoms with Crippen molar-refractivity contribution in [2.75, 3.05) is 25.4 Å². The van der Waals surface area contributed by atoms with Gasteiger partial charge in [-0.15, -0.1) is 0 Å². The summed E-state index contributed by atoms with van der Waals surface area (Å²) in [6.07, 6.45) is 4.06. The molecule has 23 nitrogen and oxygen atoms in total. The molecule has 0 bridgehead atoms. The van der Waals surface area contributed by atoms with Gasteiger partial charge in [-0.3, -0.25) is 52.9 Å². The highest BCUT2D eigenvalue weighted by molar-refractivity contribution is 8.77. The molecule has 2 heterocycles. The lowest BCUT2D eigenvalue weighted by Gasteiger charge is -2.32. The van der Waals surface area contributed by atoms with E-state index in [1.54, 1.807) is 68.4 Å². The summed E-state index contributed by atoms with van der Waals surface area (Å²) in [5.74, 6) is -8.90. The zero-order valence-corrected chi connectivity index (χ0v) is 45.7. The molecule has 2 aliphatic heterocycles. The standard InChI is InChI=1S/C51H72ClN13O10S2/c1-28(2)41-48(73)61-36(25-39(53)66)45(70)63-37(50(75)65-22-10-16-38(65)47(72)59-33(15-9-21-57-51(55)56)43(68)58-26-40(54)67)27-76-77-42(31-13-7-4-8-14-31)49(74)62-34(24-30-17-19-32(52)20-18-30)44(69)60-35(46(71)64-41)23-29-11-5-3-6-12-29/h3,5-6,11-12,17-20,28,31,33-38,41-42H,4,7-10,13-16,21-27H2,1-2H3,(H2,53,66)(H2,54,67)(H,58,68)(H,59,72)(H,60,69)(H,61,73)(H,62,74)(H,63,70)(H,64,71)(H4,55,56,57)/t33-,34-,35-,36-,37-,38-,41-,42?/m0/s1. The smallest absolute Gasteiger partial charge is 0.246 e. The van der Waals surface area contributed by atoms with Gasteiger partial charge in [0.05, 0.1) is 18.2 Å². The van der Waals surface area contributed by atoms with Crippen LogP contribution in [-0.2, 0) is 60.8 Å². The highest BCUT2D eigenvalue weighted by atomic mass is 35.5. The van der Waals surface area contributed by atoms with Gasteiger partial charge in [-0.2, -0.15) is 0 Å². The van der Waals surface area contributed by atoms with Crippen LogP contribution in [-0.4, -0.2) is 143 Å². The molecule has 15 N–H and O–H groups in total. The maximum absolute atomic E-state index is 14.9. The minimum absolute atomic E-state index is 0.00579. The fourth-order valence-corrected chi connectivity index (χ4v) is 12.5. The van der Waals surface area contributed by atoms with Crippen molar-refractivity contribution in [1.29, 1.82) is 0 Å². The SMILES string of the molecule is CC(C)[C@@H]1NC(=O)[C@H](Cc2ccccc2)NC(=O)[C@H](Cc2ccc(Cl)cc2)NC(=O)C(C2CCCCC2)SSC[C@@H](C(=O)N2CCC[C@H]2C(=O)N[C@@H](CCCN=C(N)N)C(=O)NCC(N)=O)NC(=O)[C@H](CC(N)=O)NC1=O. The first kappa shape index (κ1) is 61.3. The van der Waals surface area contributed by atoms with Crippen LogP contribution in [0.1, 0.15) is 89.2 Å². The van der Waals surface area contributed by atoms with Gasteiger partial charge >= 0.3 is 0 Å². The van der Waals surface area contributed by atoms with E-state index >= 15 is 0 Å². The van der Waals surface area contributed by atoms with Crippen molar-refractivity contribution < 1.29 is 47.9 Å². The topological polar surface area (TPSA) is 375 Å². The summed E-state index contributed by atoms with van der Waals surface area (Å²) in [7, 11) is 2.26. The number of nitrogens with one attached hydrogen (secondary N) is 7. The maximum Gasteiger partial charge on any atom is 0.246 e. The zero-order chi connectivity index (χ0) is 56.2. The van der Waals surface area contributed by atoms with E-state index < -0.39 is 125 Å². The summed E-state index contributed by atoms with van der Waals surface area (Å²) in [5.41, 5.74) is 23.1. The third kappa shape index (κ3) is 19.4. The molecule has 0 radical (unpaired) electrons. The van der Waals surface area contributed by atoms with Crippen molar-refractivity contribution in [1.82, 2.24) is 42.1 Å². The van der Waals surface area contributed by atoms with E-state index in [2.05, 4.69) is 42.2 Å². The zero-order valence-electron chi connectivity index (χ0n) is 43.3. The number of carbonyl (C=O) groups excluding carboxylic acids is 10. The molecule has 2 aromatic carbocycles. The van der Waals surface area contributed by atoms with E-state index in [4.69, 9.17) is 34.5 Å². The highest BCUT2D eigenvalue weighted by Gasteiger charge is 2.42. The number of hydrogen-bond donors (Lipinski definition) is 11. The number of likely N-dealkylation sites (tertiary alicyclic amines) is 1. The predicted molar refractivity (Wildman–Crippen MR) is 293 cm³/mol. The van der Waals surface area contributed by atoms with Crippen LogP contribution >= 0.6 is 33.2 Å². The molecule has 0 spiro atoms. The van der Waals surface area contributed by atoms with Gasteiger partial charge in [-0.1, -0.05) is 109 Å². The Morgan fingerprint density at radius 3 is 1.96 bits per heavy atom. The fourth-order valence-electron chi connectivity index (χ4n) is 9.35.